The van der Waals surface area contributed by atoms with Crippen molar-refractivity contribution in [3.63, 3.8) is 0 Å². The summed E-state index contributed by atoms with van der Waals surface area (Å²) in [6.07, 6.45) is 1.33. The van der Waals surface area contributed by atoms with Crippen LogP contribution in [-0.2, 0) is 11.2 Å². The first-order valence-corrected chi connectivity index (χ1v) is 9.06. The van der Waals surface area contributed by atoms with E-state index in [1.54, 1.807) is 0 Å². The Morgan fingerprint density at radius 1 is 1.36 bits per heavy atom. The summed E-state index contributed by atoms with van der Waals surface area (Å²) in [6, 6.07) is 7.88. The van der Waals surface area contributed by atoms with Crippen molar-refractivity contribution in [1.82, 2.24) is 9.80 Å². The summed E-state index contributed by atoms with van der Waals surface area (Å²) in [4.78, 5) is 17.2. The first-order chi connectivity index (χ1) is 12.0. The first kappa shape index (κ1) is 16.6. The fraction of sp³-hybridized carbons (Fsp3) is 0.550. The molecule has 1 aromatic carbocycles. The number of nitrogens with zero attached hydrogens (tertiary/aromatic N) is 2. The van der Waals surface area contributed by atoms with Gasteiger partial charge in [0.15, 0.2) is 0 Å². The molecular formula is C20H26N2O3. The number of para-hydroxylation sites is 1. The zero-order chi connectivity index (χ0) is 17.6. The SMILES string of the molecule is Cc1oc2ccccc2c1CC(=O)N1C[C@H]2CN(C)CC[C@@]2(CO)C1. The van der Waals surface area contributed by atoms with Gasteiger partial charge in [0.1, 0.15) is 11.3 Å². The number of carbonyl (C=O) groups is 1. The number of benzene rings is 1. The number of hydrogen-bond donors (Lipinski definition) is 1. The van der Waals surface area contributed by atoms with E-state index >= 15 is 0 Å². The van der Waals surface area contributed by atoms with Crippen LogP contribution in [0.15, 0.2) is 28.7 Å². The lowest BCUT2D eigenvalue weighted by molar-refractivity contribution is -0.130. The van der Waals surface area contributed by atoms with E-state index in [9.17, 15) is 9.90 Å². The van der Waals surface area contributed by atoms with Crippen LogP contribution in [-0.4, -0.2) is 60.6 Å². The maximum Gasteiger partial charge on any atom is 0.227 e. The summed E-state index contributed by atoms with van der Waals surface area (Å²) in [5, 5.41) is 11.0. The van der Waals surface area contributed by atoms with Gasteiger partial charge in [-0.15, -0.1) is 0 Å². The monoisotopic (exact) mass is 342 g/mol. The van der Waals surface area contributed by atoms with Crippen LogP contribution in [0.3, 0.4) is 0 Å². The summed E-state index contributed by atoms with van der Waals surface area (Å²) in [5.41, 5.74) is 1.72. The number of likely N-dealkylation sites (tertiary alicyclic amines) is 2. The summed E-state index contributed by atoms with van der Waals surface area (Å²) >= 11 is 0. The van der Waals surface area contributed by atoms with Crippen molar-refractivity contribution >= 4 is 16.9 Å². The van der Waals surface area contributed by atoms with Crippen molar-refractivity contribution < 1.29 is 14.3 Å². The highest BCUT2D eigenvalue weighted by atomic mass is 16.3. The van der Waals surface area contributed by atoms with Gasteiger partial charge in [0.05, 0.1) is 13.0 Å². The third-order valence-corrected chi connectivity index (χ3v) is 6.23. The number of aliphatic hydroxyl groups excluding tert-OH is 1. The highest BCUT2D eigenvalue weighted by Gasteiger charge is 2.49. The van der Waals surface area contributed by atoms with E-state index in [0.717, 1.165) is 48.3 Å². The molecule has 134 valence electrons. The first-order valence-electron chi connectivity index (χ1n) is 9.06. The number of aliphatic hydroxyl groups is 1. The summed E-state index contributed by atoms with van der Waals surface area (Å²) < 4.78 is 5.79. The molecule has 2 aliphatic rings. The van der Waals surface area contributed by atoms with Crippen LogP contribution in [0.25, 0.3) is 11.0 Å². The Balaban J connectivity index is 1.55. The minimum absolute atomic E-state index is 0.115. The molecule has 5 heteroatoms. The van der Waals surface area contributed by atoms with Gasteiger partial charge in [0.2, 0.25) is 5.91 Å². The predicted molar refractivity (Wildman–Crippen MR) is 96.4 cm³/mol. The van der Waals surface area contributed by atoms with E-state index in [1.807, 2.05) is 36.1 Å². The van der Waals surface area contributed by atoms with E-state index in [2.05, 4.69) is 11.9 Å². The second kappa shape index (κ2) is 6.15. The fourth-order valence-electron chi connectivity index (χ4n) is 4.60. The molecule has 5 nitrogen and oxygen atoms in total. The van der Waals surface area contributed by atoms with Gasteiger partial charge in [-0.2, -0.15) is 0 Å². The molecule has 4 rings (SSSR count). The fourth-order valence-corrected chi connectivity index (χ4v) is 4.60. The van der Waals surface area contributed by atoms with Crippen LogP contribution >= 0.6 is 0 Å². The molecule has 1 aromatic heterocycles. The number of fused-ring (bicyclic) bond motifs is 2. The number of piperidine rings is 1. The van der Waals surface area contributed by atoms with Crippen LogP contribution in [0.5, 0.6) is 0 Å². The standard InChI is InChI=1S/C20H26N2O3/c1-14-17(16-5-3-4-6-18(16)25-14)9-19(24)22-11-15-10-21(2)8-7-20(15,12-22)13-23/h3-6,15,23H,7-13H2,1-2H3/t15-,20+/m1/s1. The molecule has 2 saturated heterocycles. The van der Waals surface area contributed by atoms with Gasteiger partial charge < -0.3 is 19.3 Å². The van der Waals surface area contributed by atoms with Crippen molar-refractivity contribution in [2.75, 3.05) is 39.8 Å². The Hall–Kier alpha value is -1.85. The lowest BCUT2D eigenvalue weighted by atomic mass is 9.73. The molecule has 3 heterocycles. The van der Waals surface area contributed by atoms with Crippen molar-refractivity contribution in [3.05, 3.63) is 35.6 Å². The normalized spacial score (nSPS) is 27.0. The van der Waals surface area contributed by atoms with E-state index in [0.29, 0.717) is 18.9 Å². The van der Waals surface area contributed by atoms with Crippen molar-refractivity contribution in [2.45, 2.75) is 19.8 Å². The topological polar surface area (TPSA) is 56.9 Å². The second-order valence-electron chi connectivity index (χ2n) is 7.81. The van der Waals surface area contributed by atoms with Gasteiger partial charge in [-0.25, -0.2) is 0 Å². The molecule has 0 bridgehead atoms. The lowest BCUT2D eigenvalue weighted by Gasteiger charge is -2.40. The minimum Gasteiger partial charge on any atom is -0.461 e. The Morgan fingerprint density at radius 3 is 2.96 bits per heavy atom. The van der Waals surface area contributed by atoms with Gasteiger partial charge in [-0.05, 0) is 38.9 Å². The van der Waals surface area contributed by atoms with Crippen LogP contribution in [0, 0.1) is 18.3 Å². The number of carbonyl (C=O) groups excluding carboxylic acids is 1. The van der Waals surface area contributed by atoms with Crippen LogP contribution < -0.4 is 0 Å². The Labute approximate surface area is 148 Å². The average molecular weight is 342 g/mol. The van der Waals surface area contributed by atoms with Gasteiger partial charge in [0, 0.05) is 36.0 Å². The number of rotatable bonds is 3. The van der Waals surface area contributed by atoms with Crippen molar-refractivity contribution in [2.24, 2.45) is 11.3 Å². The Kier molecular flexibility index (Phi) is 4.08. The number of amides is 1. The molecule has 1 N–H and O–H groups in total. The Morgan fingerprint density at radius 2 is 2.16 bits per heavy atom. The van der Waals surface area contributed by atoms with Crippen LogP contribution in [0.1, 0.15) is 17.7 Å². The smallest absolute Gasteiger partial charge is 0.227 e. The maximum absolute atomic E-state index is 13.0. The van der Waals surface area contributed by atoms with E-state index in [1.165, 1.54) is 0 Å². The van der Waals surface area contributed by atoms with Gasteiger partial charge in [-0.3, -0.25) is 4.79 Å². The second-order valence-corrected chi connectivity index (χ2v) is 7.81. The Bertz CT molecular complexity index is 799. The number of furan rings is 1. The molecule has 0 radical (unpaired) electrons. The third kappa shape index (κ3) is 2.75. The quantitative estimate of drug-likeness (QED) is 0.928. The predicted octanol–water partition coefficient (Wildman–Crippen LogP) is 2.06. The highest BCUT2D eigenvalue weighted by Crippen LogP contribution is 2.42. The third-order valence-electron chi connectivity index (χ3n) is 6.23. The summed E-state index contributed by atoms with van der Waals surface area (Å²) in [6.45, 7) is 5.47. The minimum atomic E-state index is -0.115. The van der Waals surface area contributed by atoms with Gasteiger partial charge in [0.25, 0.3) is 0 Å². The molecule has 0 unspecified atom stereocenters. The van der Waals surface area contributed by atoms with Crippen molar-refractivity contribution in [3.8, 4) is 0 Å². The molecule has 0 saturated carbocycles. The van der Waals surface area contributed by atoms with Gasteiger partial charge in [-0.1, -0.05) is 18.2 Å². The lowest BCUT2D eigenvalue weighted by Crippen LogP contribution is -2.47. The zero-order valence-electron chi connectivity index (χ0n) is 15.0. The molecule has 2 atom stereocenters. The molecule has 1 amide bonds. The molecular weight excluding hydrogens is 316 g/mol. The average Bonchev–Trinajstić information content (AvgIpc) is 3.13. The maximum atomic E-state index is 13.0. The molecule has 25 heavy (non-hydrogen) atoms. The summed E-state index contributed by atoms with van der Waals surface area (Å²) in [5.74, 6) is 1.32. The van der Waals surface area contributed by atoms with E-state index in [-0.39, 0.29) is 17.9 Å². The summed E-state index contributed by atoms with van der Waals surface area (Å²) in [7, 11) is 2.12. The molecule has 0 aliphatic carbocycles. The van der Waals surface area contributed by atoms with E-state index < -0.39 is 0 Å². The van der Waals surface area contributed by atoms with E-state index in [4.69, 9.17) is 4.42 Å². The largest absolute Gasteiger partial charge is 0.461 e. The van der Waals surface area contributed by atoms with Crippen LogP contribution in [0.2, 0.25) is 0 Å². The van der Waals surface area contributed by atoms with Gasteiger partial charge >= 0.3 is 0 Å². The number of hydrogen-bond acceptors (Lipinski definition) is 4. The highest BCUT2D eigenvalue weighted by molar-refractivity contribution is 5.88. The molecule has 2 fully saturated rings. The van der Waals surface area contributed by atoms with Crippen molar-refractivity contribution in [1.29, 1.82) is 0 Å². The molecule has 0 spiro atoms. The van der Waals surface area contributed by atoms with Crippen LogP contribution in [0.4, 0.5) is 0 Å². The molecule has 2 aromatic rings. The molecule has 2 aliphatic heterocycles. The number of aryl methyl sites for hydroxylation is 1. The zero-order valence-corrected chi connectivity index (χ0v) is 15.0.